The van der Waals surface area contributed by atoms with Gasteiger partial charge in [-0.2, -0.15) is 0 Å². The van der Waals surface area contributed by atoms with Gasteiger partial charge >= 0.3 is 0 Å². The van der Waals surface area contributed by atoms with Crippen LogP contribution in [0.3, 0.4) is 0 Å². The second kappa shape index (κ2) is 5.09. The van der Waals surface area contributed by atoms with E-state index in [4.69, 9.17) is 5.73 Å². The molecule has 18 heavy (non-hydrogen) atoms. The number of carbonyl (C=O) groups excluding carboxylic acids is 2. The van der Waals surface area contributed by atoms with Crippen molar-refractivity contribution in [3.8, 4) is 0 Å². The number of likely N-dealkylation sites (tertiary alicyclic amines) is 1. The summed E-state index contributed by atoms with van der Waals surface area (Å²) in [6, 6.07) is -0.260. The summed E-state index contributed by atoms with van der Waals surface area (Å²) >= 11 is 1.73. The van der Waals surface area contributed by atoms with E-state index in [1.54, 1.807) is 11.8 Å². The summed E-state index contributed by atoms with van der Waals surface area (Å²) in [6.07, 6.45) is 1.97. The minimum Gasteiger partial charge on any atom is -0.368 e. The Balaban J connectivity index is 2.03. The van der Waals surface area contributed by atoms with Crippen molar-refractivity contribution < 1.29 is 9.59 Å². The van der Waals surface area contributed by atoms with E-state index in [-0.39, 0.29) is 28.6 Å². The maximum absolute atomic E-state index is 12.1. The smallest absolute Gasteiger partial charge is 0.235 e. The van der Waals surface area contributed by atoms with Gasteiger partial charge in [-0.25, -0.2) is 0 Å². The van der Waals surface area contributed by atoms with Gasteiger partial charge in [-0.05, 0) is 12.8 Å². The fraction of sp³-hybridized carbons (Fsp3) is 0.833. The van der Waals surface area contributed by atoms with Crippen LogP contribution in [-0.2, 0) is 9.59 Å². The van der Waals surface area contributed by atoms with Crippen molar-refractivity contribution in [2.75, 3.05) is 18.8 Å². The van der Waals surface area contributed by atoms with Gasteiger partial charge in [0.25, 0.3) is 0 Å². The first-order valence-corrected chi connectivity index (χ1v) is 7.42. The highest BCUT2D eigenvalue weighted by Gasteiger charge is 2.45. The minimum absolute atomic E-state index is 0.0264. The Morgan fingerprint density at radius 1 is 1.50 bits per heavy atom. The molecule has 2 amide bonds. The highest BCUT2D eigenvalue weighted by Crippen LogP contribution is 2.38. The van der Waals surface area contributed by atoms with Gasteiger partial charge in [0.05, 0.1) is 10.9 Å². The molecule has 102 valence electrons. The number of nitrogens with zero attached hydrogens (tertiary/aromatic N) is 1. The molecule has 0 aromatic rings. The van der Waals surface area contributed by atoms with Gasteiger partial charge in [-0.3, -0.25) is 14.9 Å². The summed E-state index contributed by atoms with van der Waals surface area (Å²) in [5, 5.41) is 3.32. The van der Waals surface area contributed by atoms with Crippen molar-refractivity contribution in [3.63, 3.8) is 0 Å². The normalized spacial score (nSPS) is 32.2. The van der Waals surface area contributed by atoms with E-state index >= 15 is 0 Å². The molecule has 0 aliphatic carbocycles. The summed E-state index contributed by atoms with van der Waals surface area (Å²) in [6.45, 7) is 5.34. The van der Waals surface area contributed by atoms with E-state index in [1.807, 2.05) is 18.7 Å². The van der Waals surface area contributed by atoms with Crippen LogP contribution in [0.25, 0.3) is 0 Å². The predicted molar refractivity (Wildman–Crippen MR) is 72.0 cm³/mol. The molecule has 0 aromatic heterocycles. The molecule has 0 radical (unpaired) electrons. The van der Waals surface area contributed by atoms with Gasteiger partial charge in [-0.15, -0.1) is 11.8 Å². The molecule has 0 aromatic carbocycles. The van der Waals surface area contributed by atoms with Gasteiger partial charge in [0.1, 0.15) is 0 Å². The number of primary amides is 1. The Bertz CT molecular complexity index is 361. The number of amides is 2. The lowest BCUT2D eigenvalue weighted by molar-refractivity contribution is -0.136. The lowest BCUT2D eigenvalue weighted by Gasteiger charge is -2.40. The first kappa shape index (κ1) is 13.7. The van der Waals surface area contributed by atoms with E-state index in [0.29, 0.717) is 12.3 Å². The molecule has 0 bridgehead atoms. The third kappa shape index (κ3) is 2.64. The van der Waals surface area contributed by atoms with Crippen molar-refractivity contribution >= 4 is 23.6 Å². The van der Waals surface area contributed by atoms with E-state index in [2.05, 4.69) is 5.32 Å². The van der Waals surface area contributed by atoms with Crippen molar-refractivity contribution in [3.05, 3.63) is 0 Å². The summed E-state index contributed by atoms with van der Waals surface area (Å²) in [5.74, 6) is 0.628. The molecule has 1 spiro atoms. The summed E-state index contributed by atoms with van der Waals surface area (Å²) in [5.41, 5.74) is 5.34. The quantitative estimate of drug-likeness (QED) is 0.750. The lowest BCUT2D eigenvalue weighted by atomic mass is 10.0. The highest BCUT2D eigenvalue weighted by molar-refractivity contribution is 8.01. The fourth-order valence-corrected chi connectivity index (χ4v) is 4.10. The summed E-state index contributed by atoms with van der Waals surface area (Å²) in [7, 11) is 0. The Hall–Kier alpha value is -0.750. The number of hydrogen-bond acceptors (Lipinski definition) is 4. The molecular formula is C12H21N3O2S. The average Bonchev–Trinajstić information content (AvgIpc) is 2.72. The van der Waals surface area contributed by atoms with E-state index in [1.165, 1.54) is 0 Å². The van der Waals surface area contributed by atoms with Crippen LogP contribution in [0.4, 0.5) is 0 Å². The van der Waals surface area contributed by atoms with Crippen LogP contribution in [0.5, 0.6) is 0 Å². The fourth-order valence-electron chi connectivity index (χ4n) is 2.61. The van der Waals surface area contributed by atoms with Crippen molar-refractivity contribution in [1.29, 1.82) is 0 Å². The largest absolute Gasteiger partial charge is 0.368 e. The molecule has 2 saturated heterocycles. The van der Waals surface area contributed by atoms with E-state index in [0.717, 1.165) is 19.4 Å². The number of rotatable bonds is 2. The SMILES string of the molecule is CC(C)C(=O)N1CCCC2(C1)N[C@H](C(N)=O)CS2. The van der Waals surface area contributed by atoms with Crippen molar-refractivity contribution in [1.82, 2.24) is 10.2 Å². The van der Waals surface area contributed by atoms with Crippen molar-refractivity contribution in [2.45, 2.75) is 37.6 Å². The molecule has 2 atom stereocenters. The third-order valence-electron chi connectivity index (χ3n) is 3.57. The molecular weight excluding hydrogens is 250 g/mol. The second-order valence-electron chi connectivity index (χ2n) is 5.42. The molecule has 6 heteroatoms. The first-order valence-electron chi connectivity index (χ1n) is 6.43. The third-order valence-corrected chi connectivity index (χ3v) is 5.07. The standard InChI is InChI=1S/C12H21N3O2S/c1-8(2)11(17)15-5-3-4-12(7-15)14-9(6-18-12)10(13)16/h8-9,14H,3-7H2,1-2H3,(H2,13,16)/t9-,12?/m0/s1. The van der Waals surface area contributed by atoms with Crippen LogP contribution < -0.4 is 11.1 Å². The van der Waals surface area contributed by atoms with Crippen LogP contribution in [-0.4, -0.2) is 46.5 Å². The van der Waals surface area contributed by atoms with Gasteiger partial charge in [-0.1, -0.05) is 13.8 Å². The van der Waals surface area contributed by atoms with Crippen LogP contribution in [0.1, 0.15) is 26.7 Å². The number of nitrogens with one attached hydrogen (secondary N) is 1. The number of piperidine rings is 1. The molecule has 2 heterocycles. The zero-order chi connectivity index (χ0) is 13.3. The topological polar surface area (TPSA) is 75.4 Å². The van der Waals surface area contributed by atoms with Crippen LogP contribution >= 0.6 is 11.8 Å². The van der Waals surface area contributed by atoms with Crippen molar-refractivity contribution in [2.24, 2.45) is 11.7 Å². The number of nitrogens with two attached hydrogens (primary N) is 1. The van der Waals surface area contributed by atoms with E-state index in [9.17, 15) is 9.59 Å². The maximum Gasteiger partial charge on any atom is 0.235 e. The Morgan fingerprint density at radius 2 is 2.22 bits per heavy atom. The molecule has 2 aliphatic rings. The zero-order valence-corrected chi connectivity index (χ0v) is 11.8. The van der Waals surface area contributed by atoms with Crippen LogP contribution in [0.15, 0.2) is 0 Å². The molecule has 2 rings (SSSR count). The van der Waals surface area contributed by atoms with Gasteiger partial charge < -0.3 is 10.6 Å². The van der Waals surface area contributed by atoms with Crippen LogP contribution in [0, 0.1) is 5.92 Å². The van der Waals surface area contributed by atoms with Crippen LogP contribution in [0.2, 0.25) is 0 Å². The average molecular weight is 271 g/mol. The highest BCUT2D eigenvalue weighted by atomic mass is 32.2. The molecule has 2 aliphatic heterocycles. The lowest BCUT2D eigenvalue weighted by Crippen LogP contribution is -2.57. The number of carbonyl (C=O) groups is 2. The Morgan fingerprint density at radius 3 is 2.78 bits per heavy atom. The molecule has 3 N–H and O–H groups in total. The van der Waals surface area contributed by atoms with Gasteiger partial charge in [0.2, 0.25) is 11.8 Å². The Labute approximate surface area is 112 Å². The number of hydrogen-bond donors (Lipinski definition) is 2. The van der Waals surface area contributed by atoms with E-state index < -0.39 is 0 Å². The number of thioether (sulfide) groups is 1. The predicted octanol–water partition coefficient (Wildman–Crippen LogP) is 0.151. The molecule has 5 nitrogen and oxygen atoms in total. The maximum atomic E-state index is 12.1. The minimum atomic E-state index is -0.299. The monoisotopic (exact) mass is 271 g/mol. The molecule has 1 unspecified atom stereocenters. The Kier molecular flexibility index (Phi) is 3.87. The summed E-state index contributed by atoms with van der Waals surface area (Å²) in [4.78, 5) is 25.0. The van der Waals surface area contributed by atoms with Gasteiger partial charge in [0, 0.05) is 24.8 Å². The molecule has 0 saturated carbocycles. The van der Waals surface area contributed by atoms with Gasteiger partial charge in [0.15, 0.2) is 0 Å². The zero-order valence-electron chi connectivity index (χ0n) is 10.9. The molecule has 2 fully saturated rings. The summed E-state index contributed by atoms with van der Waals surface area (Å²) < 4.78 is 0. The first-order chi connectivity index (χ1) is 8.43. The second-order valence-corrected chi connectivity index (χ2v) is 6.83.